The lowest BCUT2D eigenvalue weighted by molar-refractivity contribution is -0.122. The Bertz CT molecular complexity index is 810. The van der Waals surface area contributed by atoms with Crippen LogP contribution in [0.5, 0.6) is 0 Å². The van der Waals surface area contributed by atoms with Gasteiger partial charge in [-0.25, -0.2) is 4.79 Å². The van der Waals surface area contributed by atoms with E-state index in [-0.39, 0.29) is 24.2 Å². The Labute approximate surface area is 140 Å². The smallest absolute Gasteiger partial charge is 0.329 e. The zero-order valence-corrected chi connectivity index (χ0v) is 14.0. The van der Waals surface area contributed by atoms with Crippen molar-refractivity contribution < 1.29 is 4.79 Å². The molecule has 2 N–H and O–H groups in total. The van der Waals surface area contributed by atoms with E-state index in [1.807, 2.05) is 31.2 Å². The number of aromatic nitrogens is 2. The molecule has 0 radical (unpaired) electrons. The minimum absolute atomic E-state index is 0.0672. The molecule has 1 aromatic carbocycles. The van der Waals surface area contributed by atoms with Crippen LogP contribution < -0.4 is 16.3 Å². The number of carbonyl (C=O) groups is 1. The van der Waals surface area contributed by atoms with Crippen LogP contribution in [0.25, 0.3) is 11.0 Å². The first-order chi connectivity index (χ1) is 11.7. The highest BCUT2D eigenvalue weighted by atomic mass is 16.2. The van der Waals surface area contributed by atoms with E-state index in [0.717, 1.165) is 23.9 Å². The van der Waals surface area contributed by atoms with Gasteiger partial charge in [0, 0.05) is 24.7 Å². The summed E-state index contributed by atoms with van der Waals surface area (Å²) in [4.78, 5) is 25.1. The minimum atomic E-state index is -0.112. The number of fused-ring (bicyclic) bond motifs is 3. The number of nitrogens with zero attached hydrogens (tertiary/aromatic N) is 2. The topological polar surface area (TPSA) is 68.1 Å². The van der Waals surface area contributed by atoms with Crippen LogP contribution in [-0.4, -0.2) is 33.2 Å². The number of amides is 1. The van der Waals surface area contributed by atoms with Crippen LogP contribution in [0.15, 0.2) is 29.1 Å². The van der Waals surface area contributed by atoms with Crippen LogP contribution in [0.3, 0.4) is 0 Å². The number of aryl methyl sites for hydroxylation is 1. The van der Waals surface area contributed by atoms with Crippen LogP contribution in [0.1, 0.15) is 32.6 Å². The molecule has 0 aliphatic carbocycles. The maximum Gasteiger partial charge on any atom is 0.329 e. The number of nitrogens with one attached hydrogen (secondary N) is 2. The number of benzene rings is 1. The SMILES string of the molecule is CCn1c(=O)n(CC(=O)NC2CC3CCC(C2)N3)c2ccccc21. The largest absolute Gasteiger partial charge is 0.352 e. The molecular weight excluding hydrogens is 304 g/mol. The summed E-state index contributed by atoms with van der Waals surface area (Å²) in [5.41, 5.74) is 1.60. The maximum atomic E-state index is 12.6. The number of carbonyl (C=O) groups excluding carboxylic acids is 1. The van der Waals surface area contributed by atoms with Crippen molar-refractivity contribution in [2.75, 3.05) is 0 Å². The molecule has 1 aromatic heterocycles. The summed E-state index contributed by atoms with van der Waals surface area (Å²) in [5, 5.41) is 6.72. The highest BCUT2D eigenvalue weighted by Gasteiger charge is 2.34. The molecule has 2 fully saturated rings. The van der Waals surface area contributed by atoms with E-state index in [0.29, 0.717) is 18.6 Å². The van der Waals surface area contributed by atoms with E-state index in [1.165, 1.54) is 12.8 Å². The molecule has 128 valence electrons. The standard InChI is InChI=1S/C18H24N4O2/c1-2-21-15-5-3-4-6-16(15)22(18(21)24)11-17(23)20-14-9-12-7-8-13(10-14)19-12/h3-6,12-14,19H,2,7-11H2,1H3,(H,20,23). The van der Waals surface area contributed by atoms with Crippen molar-refractivity contribution in [3.8, 4) is 0 Å². The van der Waals surface area contributed by atoms with Crippen molar-refractivity contribution in [3.63, 3.8) is 0 Å². The number of hydrogen-bond donors (Lipinski definition) is 2. The molecule has 1 amide bonds. The Morgan fingerprint density at radius 3 is 2.42 bits per heavy atom. The maximum absolute atomic E-state index is 12.6. The van der Waals surface area contributed by atoms with Crippen molar-refractivity contribution in [2.45, 2.75) is 63.8 Å². The molecule has 4 rings (SSSR count). The second kappa shape index (κ2) is 6.09. The third kappa shape index (κ3) is 2.65. The highest BCUT2D eigenvalue weighted by Crippen LogP contribution is 2.26. The van der Waals surface area contributed by atoms with Crippen molar-refractivity contribution >= 4 is 16.9 Å². The van der Waals surface area contributed by atoms with Gasteiger partial charge in [-0.1, -0.05) is 12.1 Å². The van der Waals surface area contributed by atoms with Gasteiger partial charge in [-0.05, 0) is 44.7 Å². The third-order valence-corrected chi connectivity index (χ3v) is 5.38. The van der Waals surface area contributed by atoms with Gasteiger partial charge in [-0.15, -0.1) is 0 Å². The number of piperidine rings is 1. The Balaban J connectivity index is 1.53. The van der Waals surface area contributed by atoms with Crippen LogP contribution in [-0.2, 0) is 17.9 Å². The minimum Gasteiger partial charge on any atom is -0.352 e. The molecule has 2 aromatic rings. The summed E-state index contributed by atoms with van der Waals surface area (Å²) in [5.74, 6) is -0.0672. The van der Waals surface area contributed by atoms with E-state index in [9.17, 15) is 9.59 Å². The van der Waals surface area contributed by atoms with Crippen molar-refractivity contribution in [1.29, 1.82) is 0 Å². The van der Waals surface area contributed by atoms with Gasteiger partial charge in [0.1, 0.15) is 6.54 Å². The van der Waals surface area contributed by atoms with Gasteiger partial charge >= 0.3 is 5.69 Å². The Morgan fingerprint density at radius 2 is 1.79 bits per heavy atom. The average molecular weight is 328 g/mol. The van der Waals surface area contributed by atoms with Crippen LogP contribution in [0, 0.1) is 0 Å². The molecule has 3 heterocycles. The van der Waals surface area contributed by atoms with Gasteiger partial charge < -0.3 is 10.6 Å². The lowest BCUT2D eigenvalue weighted by Crippen LogP contribution is -2.49. The molecule has 2 atom stereocenters. The summed E-state index contributed by atoms with van der Waals surface area (Å²) < 4.78 is 3.30. The fourth-order valence-electron chi connectivity index (χ4n) is 4.32. The molecule has 24 heavy (non-hydrogen) atoms. The van der Waals surface area contributed by atoms with Crippen molar-refractivity contribution in [1.82, 2.24) is 19.8 Å². The molecule has 6 heteroatoms. The molecule has 2 saturated heterocycles. The van der Waals surface area contributed by atoms with E-state index >= 15 is 0 Å². The Kier molecular flexibility index (Phi) is 3.92. The van der Waals surface area contributed by atoms with E-state index < -0.39 is 0 Å². The first kappa shape index (κ1) is 15.4. The molecule has 6 nitrogen and oxygen atoms in total. The zero-order chi connectivity index (χ0) is 16.7. The summed E-state index contributed by atoms with van der Waals surface area (Å²) in [6, 6.07) is 8.97. The lowest BCUT2D eigenvalue weighted by atomic mass is 10.00. The van der Waals surface area contributed by atoms with Gasteiger partial charge in [0.25, 0.3) is 0 Å². The van der Waals surface area contributed by atoms with Crippen LogP contribution in [0.4, 0.5) is 0 Å². The second-order valence-corrected chi connectivity index (χ2v) is 6.98. The van der Waals surface area contributed by atoms with Gasteiger partial charge in [-0.2, -0.15) is 0 Å². The fraction of sp³-hybridized carbons (Fsp3) is 0.556. The predicted octanol–water partition coefficient (Wildman–Crippen LogP) is 1.22. The monoisotopic (exact) mass is 328 g/mol. The summed E-state index contributed by atoms with van der Waals surface area (Å²) in [6.45, 7) is 2.64. The molecule has 0 spiro atoms. The Morgan fingerprint density at radius 1 is 1.17 bits per heavy atom. The first-order valence-corrected chi connectivity index (χ1v) is 8.89. The van der Waals surface area contributed by atoms with E-state index in [2.05, 4.69) is 10.6 Å². The van der Waals surface area contributed by atoms with E-state index in [1.54, 1.807) is 9.13 Å². The van der Waals surface area contributed by atoms with Crippen molar-refractivity contribution in [2.24, 2.45) is 0 Å². The molecule has 2 aliphatic rings. The Hall–Kier alpha value is -2.08. The third-order valence-electron chi connectivity index (χ3n) is 5.38. The molecule has 2 bridgehead atoms. The fourth-order valence-corrected chi connectivity index (χ4v) is 4.32. The normalized spacial score (nSPS) is 26.0. The lowest BCUT2D eigenvalue weighted by Gasteiger charge is -2.29. The second-order valence-electron chi connectivity index (χ2n) is 6.98. The highest BCUT2D eigenvalue weighted by molar-refractivity contribution is 5.81. The molecule has 2 unspecified atom stereocenters. The number of imidazole rings is 1. The molecular formula is C18H24N4O2. The molecule has 0 saturated carbocycles. The van der Waals surface area contributed by atoms with Gasteiger partial charge in [-0.3, -0.25) is 13.9 Å². The van der Waals surface area contributed by atoms with Gasteiger partial charge in [0.2, 0.25) is 5.91 Å². The summed E-state index contributed by atoms with van der Waals surface area (Å²) in [6.07, 6.45) is 4.41. The summed E-state index contributed by atoms with van der Waals surface area (Å²) >= 11 is 0. The zero-order valence-electron chi connectivity index (χ0n) is 14.0. The van der Waals surface area contributed by atoms with Crippen molar-refractivity contribution in [3.05, 3.63) is 34.7 Å². The summed E-state index contributed by atoms with van der Waals surface area (Å²) in [7, 11) is 0. The quantitative estimate of drug-likeness (QED) is 0.887. The van der Waals surface area contributed by atoms with E-state index in [4.69, 9.17) is 0 Å². The molecule has 2 aliphatic heterocycles. The first-order valence-electron chi connectivity index (χ1n) is 8.89. The van der Waals surface area contributed by atoms with Crippen LogP contribution in [0.2, 0.25) is 0 Å². The number of hydrogen-bond acceptors (Lipinski definition) is 3. The average Bonchev–Trinajstić information content (AvgIpc) is 3.05. The predicted molar refractivity (Wildman–Crippen MR) is 93.0 cm³/mol. The van der Waals surface area contributed by atoms with Crippen LogP contribution >= 0.6 is 0 Å². The van der Waals surface area contributed by atoms with Gasteiger partial charge in [0.05, 0.1) is 11.0 Å². The van der Waals surface area contributed by atoms with Gasteiger partial charge in [0.15, 0.2) is 0 Å². The number of rotatable bonds is 4. The number of para-hydroxylation sites is 2.